The van der Waals surface area contributed by atoms with Gasteiger partial charge >= 0.3 is 0 Å². The highest BCUT2D eigenvalue weighted by molar-refractivity contribution is 7.10. The molecule has 0 saturated carbocycles. The van der Waals surface area contributed by atoms with Crippen LogP contribution in [0, 0.1) is 0 Å². The lowest BCUT2D eigenvalue weighted by Crippen LogP contribution is -2.23. The standard InChI is InChI=1S/C16H19NO2S2/c18-10-8-13(15-4-2-12-21-15)7-9-17-16(19)6-5-14-3-1-11-20-14/h1-6,11-13,18H,7-10H2,(H,17,19)/b6-5+/t13-/m1/s1. The minimum Gasteiger partial charge on any atom is -0.396 e. The number of nitrogens with one attached hydrogen (secondary N) is 1. The maximum atomic E-state index is 11.7. The molecule has 2 aromatic heterocycles. The number of aliphatic hydroxyl groups excluding tert-OH is 1. The van der Waals surface area contributed by atoms with Crippen molar-refractivity contribution in [2.75, 3.05) is 13.2 Å². The second kappa shape index (κ2) is 8.77. The number of hydrogen-bond donors (Lipinski definition) is 2. The zero-order valence-electron chi connectivity index (χ0n) is 11.7. The third-order valence-corrected chi connectivity index (χ3v) is 5.03. The molecular weight excluding hydrogens is 302 g/mol. The van der Waals surface area contributed by atoms with Crippen LogP contribution in [-0.4, -0.2) is 24.2 Å². The van der Waals surface area contributed by atoms with E-state index in [1.165, 1.54) is 4.88 Å². The number of carbonyl (C=O) groups excluding carboxylic acids is 1. The Balaban J connectivity index is 1.75. The van der Waals surface area contributed by atoms with Crippen molar-refractivity contribution in [1.82, 2.24) is 5.32 Å². The molecule has 2 rings (SSSR count). The van der Waals surface area contributed by atoms with E-state index in [2.05, 4.69) is 11.4 Å². The lowest BCUT2D eigenvalue weighted by atomic mass is 10.00. The molecule has 0 unspecified atom stereocenters. The summed E-state index contributed by atoms with van der Waals surface area (Å²) in [6.07, 6.45) is 4.98. The van der Waals surface area contributed by atoms with Crippen molar-refractivity contribution in [1.29, 1.82) is 0 Å². The molecule has 1 amide bonds. The van der Waals surface area contributed by atoms with Gasteiger partial charge in [-0.05, 0) is 47.7 Å². The second-order valence-corrected chi connectivity index (χ2v) is 6.61. The minimum atomic E-state index is -0.0719. The van der Waals surface area contributed by atoms with Crippen LogP contribution >= 0.6 is 22.7 Å². The first-order chi connectivity index (χ1) is 10.3. The van der Waals surface area contributed by atoms with E-state index in [0.29, 0.717) is 12.5 Å². The van der Waals surface area contributed by atoms with Gasteiger partial charge in [0.05, 0.1) is 0 Å². The highest BCUT2D eigenvalue weighted by Gasteiger charge is 2.12. The largest absolute Gasteiger partial charge is 0.396 e. The highest BCUT2D eigenvalue weighted by atomic mass is 32.1. The number of aliphatic hydroxyl groups is 1. The molecule has 2 aromatic rings. The molecule has 0 bridgehead atoms. The molecule has 0 saturated heterocycles. The van der Waals surface area contributed by atoms with Gasteiger partial charge in [-0.25, -0.2) is 0 Å². The van der Waals surface area contributed by atoms with Gasteiger partial charge < -0.3 is 10.4 Å². The Labute approximate surface area is 133 Å². The Morgan fingerprint density at radius 2 is 2.05 bits per heavy atom. The van der Waals surface area contributed by atoms with Crippen LogP contribution in [0.25, 0.3) is 6.08 Å². The lowest BCUT2D eigenvalue weighted by Gasteiger charge is -2.14. The average Bonchev–Trinajstić information content (AvgIpc) is 3.17. The van der Waals surface area contributed by atoms with Crippen LogP contribution in [0.15, 0.2) is 41.1 Å². The van der Waals surface area contributed by atoms with Crippen LogP contribution in [0.1, 0.15) is 28.5 Å². The Morgan fingerprint density at radius 1 is 1.24 bits per heavy atom. The average molecular weight is 321 g/mol. The molecule has 0 spiro atoms. The minimum absolute atomic E-state index is 0.0719. The Morgan fingerprint density at radius 3 is 2.71 bits per heavy atom. The molecule has 0 aliphatic rings. The van der Waals surface area contributed by atoms with Crippen LogP contribution < -0.4 is 5.32 Å². The van der Waals surface area contributed by atoms with Gasteiger partial charge in [0.15, 0.2) is 0 Å². The summed E-state index contributed by atoms with van der Waals surface area (Å²) < 4.78 is 0. The maximum absolute atomic E-state index is 11.7. The van der Waals surface area contributed by atoms with E-state index < -0.39 is 0 Å². The Bertz CT molecular complexity index is 547. The first-order valence-electron chi connectivity index (χ1n) is 6.93. The normalized spacial score (nSPS) is 12.6. The molecule has 5 heteroatoms. The Hall–Kier alpha value is -1.43. The van der Waals surface area contributed by atoms with Crippen LogP contribution in [0.3, 0.4) is 0 Å². The molecule has 0 radical (unpaired) electrons. The van der Waals surface area contributed by atoms with Crippen LogP contribution in [-0.2, 0) is 4.79 Å². The fourth-order valence-electron chi connectivity index (χ4n) is 2.08. The number of carbonyl (C=O) groups is 1. The number of hydrogen-bond acceptors (Lipinski definition) is 4. The predicted octanol–water partition coefficient (Wildman–Crippen LogP) is 3.50. The van der Waals surface area contributed by atoms with E-state index in [0.717, 1.165) is 17.7 Å². The van der Waals surface area contributed by atoms with Crippen LogP contribution in [0.2, 0.25) is 0 Å². The van der Waals surface area contributed by atoms with E-state index in [1.807, 2.05) is 35.0 Å². The summed E-state index contributed by atoms with van der Waals surface area (Å²) in [5.41, 5.74) is 0. The molecular formula is C16H19NO2S2. The molecule has 0 aliphatic heterocycles. The molecule has 3 nitrogen and oxygen atoms in total. The first-order valence-corrected chi connectivity index (χ1v) is 8.69. The molecule has 21 heavy (non-hydrogen) atoms. The van der Waals surface area contributed by atoms with Gasteiger partial charge in [0, 0.05) is 29.0 Å². The second-order valence-electron chi connectivity index (χ2n) is 4.65. The van der Waals surface area contributed by atoms with Crippen molar-refractivity contribution in [3.05, 3.63) is 50.9 Å². The molecule has 112 valence electrons. The van der Waals surface area contributed by atoms with Crippen molar-refractivity contribution in [2.45, 2.75) is 18.8 Å². The van der Waals surface area contributed by atoms with E-state index in [4.69, 9.17) is 5.11 Å². The van der Waals surface area contributed by atoms with Gasteiger partial charge in [0.2, 0.25) is 5.91 Å². The van der Waals surface area contributed by atoms with Crippen LogP contribution in [0.5, 0.6) is 0 Å². The number of thiophene rings is 2. The summed E-state index contributed by atoms with van der Waals surface area (Å²) in [5, 5.41) is 16.1. The molecule has 1 atom stereocenters. The third kappa shape index (κ3) is 5.46. The summed E-state index contributed by atoms with van der Waals surface area (Å²) in [5.74, 6) is 0.244. The highest BCUT2D eigenvalue weighted by Crippen LogP contribution is 2.26. The number of rotatable bonds is 8. The summed E-state index contributed by atoms with van der Waals surface area (Å²) in [7, 11) is 0. The SMILES string of the molecule is O=C(/C=C/c1cccs1)NCC[C@H](CCO)c1cccs1. The number of amides is 1. The van der Waals surface area contributed by atoms with E-state index >= 15 is 0 Å². The molecule has 0 aromatic carbocycles. The van der Waals surface area contributed by atoms with Crippen LogP contribution in [0.4, 0.5) is 0 Å². The predicted molar refractivity (Wildman–Crippen MR) is 89.7 cm³/mol. The lowest BCUT2D eigenvalue weighted by molar-refractivity contribution is -0.116. The molecule has 2 N–H and O–H groups in total. The topological polar surface area (TPSA) is 49.3 Å². The summed E-state index contributed by atoms with van der Waals surface area (Å²) in [6.45, 7) is 0.797. The quantitative estimate of drug-likeness (QED) is 0.731. The fourth-order valence-corrected chi connectivity index (χ4v) is 3.60. The third-order valence-electron chi connectivity index (χ3n) is 3.16. The van der Waals surface area contributed by atoms with Crippen molar-refractivity contribution >= 4 is 34.7 Å². The van der Waals surface area contributed by atoms with Crippen molar-refractivity contribution in [3.63, 3.8) is 0 Å². The van der Waals surface area contributed by atoms with Crippen molar-refractivity contribution in [2.24, 2.45) is 0 Å². The van der Waals surface area contributed by atoms with Gasteiger partial charge in [-0.3, -0.25) is 4.79 Å². The fraction of sp³-hybridized carbons (Fsp3) is 0.312. The van der Waals surface area contributed by atoms with E-state index in [9.17, 15) is 4.79 Å². The molecule has 0 aliphatic carbocycles. The summed E-state index contributed by atoms with van der Waals surface area (Å²) >= 11 is 3.31. The van der Waals surface area contributed by atoms with Gasteiger partial charge in [-0.15, -0.1) is 22.7 Å². The Kier molecular flexibility index (Phi) is 6.66. The molecule has 0 fully saturated rings. The first kappa shape index (κ1) is 15.9. The van der Waals surface area contributed by atoms with Gasteiger partial charge in [-0.1, -0.05) is 12.1 Å². The zero-order valence-corrected chi connectivity index (χ0v) is 13.3. The summed E-state index contributed by atoms with van der Waals surface area (Å²) in [6, 6.07) is 8.04. The van der Waals surface area contributed by atoms with Gasteiger partial charge in [-0.2, -0.15) is 0 Å². The van der Waals surface area contributed by atoms with Crippen molar-refractivity contribution < 1.29 is 9.90 Å². The summed E-state index contributed by atoms with van der Waals surface area (Å²) in [4.78, 5) is 14.1. The van der Waals surface area contributed by atoms with E-state index in [-0.39, 0.29) is 12.5 Å². The molecule has 2 heterocycles. The smallest absolute Gasteiger partial charge is 0.244 e. The van der Waals surface area contributed by atoms with E-state index in [1.54, 1.807) is 28.7 Å². The van der Waals surface area contributed by atoms with Crippen molar-refractivity contribution in [3.8, 4) is 0 Å². The maximum Gasteiger partial charge on any atom is 0.244 e. The van der Waals surface area contributed by atoms with Gasteiger partial charge in [0.25, 0.3) is 0 Å². The van der Waals surface area contributed by atoms with Gasteiger partial charge in [0.1, 0.15) is 0 Å². The monoisotopic (exact) mass is 321 g/mol. The zero-order chi connectivity index (χ0) is 14.9.